The predicted molar refractivity (Wildman–Crippen MR) is 79.6 cm³/mol. The van der Waals surface area contributed by atoms with Gasteiger partial charge in [-0.05, 0) is 29.9 Å². The second-order valence-corrected chi connectivity index (χ2v) is 6.45. The molecule has 1 aromatic rings. The van der Waals surface area contributed by atoms with E-state index < -0.39 is 0 Å². The van der Waals surface area contributed by atoms with Gasteiger partial charge in [0, 0.05) is 24.8 Å². The molecule has 1 atom stereocenters. The number of fused-ring (bicyclic) bond motifs is 1. The molecule has 1 N–H and O–H groups in total. The third-order valence-electron chi connectivity index (χ3n) is 3.39. The zero-order chi connectivity index (χ0) is 13.1. The van der Waals surface area contributed by atoms with Crippen LogP contribution in [-0.2, 0) is 6.54 Å². The van der Waals surface area contributed by atoms with Crippen LogP contribution in [0.15, 0.2) is 12.1 Å². The summed E-state index contributed by atoms with van der Waals surface area (Å²) >= 11 is 8.29. The molecule has 0 radical (unpaired) electrons. The van der Waals surface area contributed by atoms with Crippen molar-refractivity contribution in [2.45, 2.75) is 25.4 Å². The molecule has 1 unspecified atom stereocenters. The summed E-state index contributed by atoms with van der Waals surface area (Å²) in [5.74, 6) is 3.94. The Bertz CT molecular complexity index is 449. The highest BCUT2D eigenvalue weighted by Crippen LogP contribution is 2.38. The second-order valence-electron chi connectivity index (χ2n) is 4.90. The van der Waals surface area contributed by atoms with Gasteiger partial charge < -0.3 is 14.8 Å². The highest BCUT2D eigenvalue weighted by Gasteiger charge is 2.17. The molecule has 104 valence electrons. The maximum atomic E-state index is 6.28. The molecule has 0 spiro atoms. The fraction of sp³-hybridized carbons (Fsp3) is 0.571. The average molecular weight is 300 g/mol. The van der Waals surface area contributed by atoms with Gasteiger partial charge in [-0.25, -0.2) is 0 Å². The van der Waals surface area contributed by atoms with Crippen molar-refractivity contribution >= 4 is 23.4 Å². The molecule has 1 aromatic carbocycles. The van der Waals surface area contributed by atoms with E-state index in [-0.39, 0.29) is 0 Å². The third-order valence-corrected chi connectivity index (χ3v) is 4.83. The molecule has 5 heteroatoms. The standard InChI is InChI=1S/C14H18ClNO2S/c15-12-6-10(8-16-11-2-5-19-9-11)7-13-14(12)18-4-1-3-17-13/h6-7,11,16H,1-5,8-9H2. The number of halogens is 1. The van der Waals surface area contributed by atoms with Crippen LogP contribution in [0.5, 0.6) is 11.5 Å². The van der Waals surface area contributed by atoms with Crippen molar-refractivity contribution < 1.29 is 9.47 Å². The highest BCUT2D eigenvalue weighted by atomic mass is 35.5. The quantitative estimate of drug-likeness (QED) is 0.929. The smallest absolute Gasteiger partial charge is 0.179 e. The Morgan fingerprint density at radius 3 is 3.05 bits per heavy atom. The molecule has 1 saturated heterocycles. The highest BCUT2D eigenvalue weighted by molar-refractivity contribution is 7.99. The van der Waals surface area contributed by atoms with Gasteiger partial charge in [0.15, 0.2) is 11.5 Å². The van der Waals surface area contributed by atoms with Crippen molar-refractivity contribution in [1.29, 1.82) is 0 Å². The Balaban J connectivity index is 1.71. The third kappa shape index (κ3) is 3.30. The summed E-state index contributed by atoms with van der Waals surface area (Å²) in [6.07, 6.45) is 2.15. The number of thioether (sulfide) groups is 1. The molecular formula is C14H18ClNO2S. The summed E-state index contributed by atoms with van der Waals surface area (Å²) in [5.41, 5.74) is 1.16. The first-order valence-electron chi connectivity index (χ1n) is 6.72. The maximum Gasteiger partial charge on any atom is 0.179 e. The number of hydrogen-bond donors (Lipinski definition) is 1. The second kappa shape index (κ2) is 6.25. The number of rotatable bonds is 3. The summed E-state index contributed by atoms with van der Waals surface area (Å²) in [6, 6.07) is 4.64. The van der Waals surface area contributed by atoms with Crippen molar-refractivity contribution in [2.75, 3.05) is 24.7 Å². The fourth-order valence-electron chi connectivity index (χ4n) is 2.34. The Hall–Kier alpha value is -0.580. The maximum absolute atomic E-state index is 6.28. The van der Waals surface area contributed by atoms with Crippen LogP contribution in [0.4, 0.5) is 0 Å². The predicted octanol–water partition coefficient (Wildman–Crippen LogP) is 3.10. The molecule has 0 amide bonds. The lowest BCUT2D eigenvalue weighted by Gasteiger charge is -2.14. The molecule has 19 heavy (non-hydrogen) atoms. The van der Waals surface area contributed by atoms with Gasteiger partial charge in [-0.3, -0.25) is 0 Å². The van der Waals surface area contributed by atoms with Crippen molar-refractivity contribution in [3.8, 4) is 11.5 Å². The molecule has 3 rings (SSSR count). The van der Waals surface area contributed by atoms with Gasteiger partial charge >= 0.3 is 0 Å². The lowest BCUT2D eigenvalue weighted by molar-refractivity contribution is 0.297. The van der Waals surface area contributed by atoms with Crippen molar-refractivity contribution in [2.24, 2.45) is 0 Å². The minimum atomic E-state index is 0.625. The van der Waals surface area contributed by atoms with E-state index in [1.54, 1.807) is 0 Å². The molecule has 2 aliphatic rings. The fourth-order valence-corrected chi connectivity index (χ4v) is 3.82. The van der Waals surface area contributed by atoms with E-state index in [4.69, 9.17) is 21.1 Å². The number of benzene rings is 1. The summed E-state index contributed by atoms with van der Waals surface area (Å²) < 4.78 is 11.3. The van der Waals surface area contributed by atoms with Crippen LogP contribution >= 0.6 is 23.4 Å². The zero-order valence-electron chi connectivity index (χ0n) is 10.8. The van der Waals surface area contributed by atoms with E-state index in [2.05, 4.69) is 5.32 Å². The van der Waals surface area contributed by atoms with Gasteiger partial charge in [-0.2, -0.15) is 11.8 Å². The molecule has 0 bridgehead atoms. The van der Waals surface area contributed by atoms with Crippen LogP contribution in [-0.4, -0.2) is 30.8 Å². The average Bonchev–Trinajstić information content (AvgIpc) is 2.81. The van der Waals surface area contributed by atoms with Crippen LogP contribution in [0.1, 0.15) is 18.4 Å². The van der Waals surface area contributed by atoms with E-state index in [9.17, 15) is 0 Å². The van der Waals surface area contributed by atoms with Gasteiger partial charge in [0.1, 0.15) is 0 Å². The molecule has 0 aromatic heterocycles. The van der Waals surface area contributed by atoms with Gasteiger partial charge in [-0.1, -0.05) is 11.6 Å². The zero-order valence-corrected chi connectivity index (χ0v) is 12.4. The number of ether oxygens (including phenoxy) is 2. The molecule has 2 aliphatic heterocycles. The first-order chi connectivity index (χ1) is 9.33. The SMILES string of the molecule is Clc1cc(CNC2CCSC2)cc2c1OCCCO2. The van der Waals surface area contributed by atoms with E-state index in [1.165, 1.54) is 17.9 Å². The lowest BCUT2D eigenvalue weighted by atomic mass is 10.1. The molecule has 0 aliphatic carbocycles. The summed E-state index contributed by atoms with van der Waals surface area (Å²) in [4.78, 5) is 0. The molecule has 2 heterocycles. The Kier molecular flexibility index (Phi) is 4.41. The monoisotopic (exact) mass is 299 g/mol. The van der Waals surface area contributed by atoms with Crippen LogP contribution in [0, 0.1) is 0 Å². The Labute approximate surface area is 123 Å². The molecule has 0 saturated carbocycles. The van der Waals surface area contributed by atoms with Crippen molar-refractivity contribution in [1.82, 2.24) is 5.32 Å². The summed E-state index contributed by atoms with van der Waals surface area (Å²) in [5, 5.41) is 4.22. The van der Waals surface area contributed by atoms with Gasteiger partial charge in [0.25, 0.3) is 0 Å². The van der Waals surface area contributed by atoms with Crippen LogP contribution < -0.4 is 14.8 Å². The molecule has 1 fully saturated rings. The van der Waals surface area contributed by atoms with Crippen molar-refractivity contribution in [3.63, 3.8) is 0 Å². The summed E-state index contributed by atoms with van der Waals surface area (Å²) in [6.45, 7) is 2.20. The van der Waals surface area contributed by atoms with E-state index in [1.807, 2.05) is 23.9 Å². The van der Waals surface area contributed by atoms with E-state index in [0.29, 0.717) is 30.0 Å². The van der Waals surface area contributed by atoms with E-state index in [0.717, 1.165) is 24.3 Å². The van der Waals surface area contributed by atoms with Crippen molar-refractivity contribution in [3.05, 3.63) is 22.7 Å². The first-order valence-corrected chi connectivity index (χ1v) is 8.25. The van der Waals surface area contributed by atoms with E-state index >= 15 is 0 Å². The molecule has 3 nitrogen and oxygen atoms in total. The van der Waals surface area contributed by atoms with Crippen LogP contribution in [0.3, 0.4) is 0 Å². The number of hydrogen-bond acceptors (Lipinski definition) is 4. The molecular weight excluding hydrogens is 282 g/mol. The van der Waals surface area contributed by atoms with Crippen LogP contribution in [0.2, 0.25) is 5.02 Å². The number of nitrogens with one attached hydrogen (secondary N) is 1. The van der Waals surface area contributed by atoms with Gasteiger partial charge in [0.05, 0.1) is 18.2 Å². The lowest BCUT2D eigenvalue weighted by Crippen LogP contribution is -2.27. The minimum absolute atomic E-state index is 0.625. The summed E-state index contributed by atoms with van der Waals surface area (Å²) in [7, 11) is 0. The Morgan fingerprint density at radius 1 is 1.32 bits per heavy atom. The minimum Gasteiger partial charge on any atom is -0.489 e. The largest absolute Gasteiger partial charge is 0.489 e. The van der Waals surface area contributed by atoms with Gasteiger partial charge in [0.2, 0.25) is 0 Å². The normalized spacial score (nSPS) is 22.3. The Morgan fingerprint density at radius 2 is 2.21 bits per heavy atom. The van der Waals surface area contributed by atoms with Gasteiger partial charge in [-0.15, -0.1) is 0 Å². The first kappa shape index (κ1) is 13.4. The van der Waals surface area contributed by atoms with Crippen LogP contribution in [0.25, 0.3) is 0 Å². The topological polar surface area (TPSA) is 30.5 Å².